The normalized spacial score (nSPS) is 22.5. The van der Waals surface area contributed by atoms with Gasteiger partial charge < -0.3 is 9.80 Å². The number of likely N-dealkylation sites (N-methyl/N-ethyl adjacent to an activating group) is 2. The molecule has 1 saturated heterocycles. The fourth-order valence-electron chi connectivity index (χ4n) is 2.23. The summed E-state index contributed by atoms with van der Waals surface area (Å²) < 4.78 is 0. The lowest BCUT2D eigenvalue weighted by atomic mass is 10.1. The Hall–Kier alpha value is -0.870. The lowest BCUT2D eigenvalue weighted by molar-refractivity contribution is -0.129. The zero-order valence-corrected chi connectivity index (χ0v) is 10.6. The van der Waals surface area contributed by atoms with E-state index < -0.39 is 0 Å². The van der Waals surface area contributed by atoms with Crippen LogP contribution in [0.3, 0.4) is 0 Å². The molecule has 0 bridgehead atoms. The molecule has 1 amide bonds. The van der Waals surface area contributed by atoms with Crippen molar-refractivity contribution in [2.45, 2.75) is 13.0 Å². The molecule has 0 N–H and O–H groups in total. The quantitative estimate of drug-likeness (QED) is 0.642. The Kier molecular flexibility index (Phi) is 4.96. The standard InChI is InChI=1S/C12H23N3O/c1-5-12(16)15-8-7-14(6-2)11(10-15)9-13(3)4/h5,11H,1,6-10H2,2-4H3. The van der Waals surface area contributed by atoms with E-state index in [4.69, 9.17) is 0 Å². The van der Waals surface area contributed by atoms with Crippen LogP contribution in [0.2, 0.25) is 0 Å². The Morgan fingerprint density at radius 2 is 2.19 bits per heavy atom. The van der Waals surface area contributed by atoms with Crippen LogP contribution in [0.5, 0.6) is 0 Å². The second-order valence-electron chi connectivity index (χ2n) is 4.53. The highest BCUT2D eigenvalue weighted by Crippen LogP contribution is 2.10. The van der Waals surface area contributed by atoms with Crippen molar-refractivity contribution in [3.05, 3.63) is 12.7 Å². The summed E-state index contributed by atoms with van der Waals surface area (Å²) >= 11 is 0. The van der Waals surface area contributed by atoms with E-state index >= 15 is 0 Å². The minimum Gasteiger partial charge on any atom is -0.336 e. The average Bonchev–Trinajstić information content (AvgIpc) is 2.27. The van der Waals surface area contributed by atoms with Gasteiger partial charge in [-0.1, -0.05) is 13.5 Å². The summed E-state index contributed by atoms with van der Waals surface area (Å²) in [6, 6.07) is 0.442. The Morgan fingerprint density at radius 1 is 1.50 bits per heavy atom. The van der Waals surface area contributed by atoms with Crippen LogP contribution in [-0.4, -0.2) is 73.5 Å². The molecule has 0 aromatic rings. The van der Waals surface area contributed by atoms with E-state index in [0.717, 1.165) is 32.7 Å². The number of hydrogen-bond acceptors (Lipinski definition) is 3. The number of carbonyl (C=O) groups excluding carboxylic acids is 1. The monoisotopic (exact) mass is 225 g/mol. The molecule has 0 radical (unpaired) electrons. The first-order valence-corrected chi connectivity index (χ1v) is 5.88. The number of rotatable bonds is 4. The van der Waals surface area contributed by atoms with Gasteiger partial charge in [-0.15, -0.1) is 0 Å². The van der Waals surface area contributed by atoms with Gasteiger partial charge in [-0.2, -0.15) is 0 Å². The predicted octanol–water partition coefficient (Wildman–Crippen LogP) is 0.267. The van der Waals surface area contributed by atoms with Crippen LogP contribution in [0.4, 0.5) is 0 Å². The van der Waals surface area contributed by atoms with Crippen LogP contribution in [0.15, 0.2) is 12.7 Å². The van der Waals surface area contributed by atoms with E-state index in [-0.39, 0.29) is 5.91 Å². The molecule has 92 valence electrons. The minimum atomic E-state index is 0.0551. The lowest BCUT2D eigenvalue weighted by Crippen LogP contribution is -2.57. The van der Waals surface area contributed by atoms with Crippen molar-refractivity contribution in [2.75, 3.05) is 46.8 Å². The van der Waals surface area contributed by atoms with Gasteiger partial charge in [-0.05, 0) is 26.7 Å². The van der Waals surface area contributed by atoms with Gasteiger partial charge in [0.1, 0.15) is 0 Å². The fraction of sp³-hybridized carbons (Fsp3) is 0.750. The highest BCUT2D eigenvalue weighted by molar-refractivity contribution is 5.87. The largest absolute Gasteiger partial charge is 0.336 e. The summed E-state index contributed by atoms with van der Waals surface area (Å²) in [6.45, 7) is 10.4. The first-order chi connectivity index (χ1) is 7.58. The Balaban J connectivity index is 2.61. The number of nitrogens with zero attached hydrogens (tertiary/aromatic N) is 3. The lowest BCUT2D eigenvalue weighted by Gasteiger charge is -2.41. The third-order valence-electron chi connectivity index (χ3n) is 3.07. The van der Waals surface area contributed by atoms with E-state index in [1.165, 1.54) is 6.08 Å². The second-order valence-corrected chi connectivity index (χ2v) is 4.53. The first kappa shape index (κ1) is 13.2. The van der Waals surface area contributed by atoms with Crippen LogP contribution in [0.25, 0.3) is 0 Å². The van der Waals surface area contributed by atoms with E-state index in [1.54, 1.807) is 0 Å². The minimum absolute atomic E-state index is 0.0551. The number of carbonyl (C=O) groups is 1. The van der Waals surface area contributed by atoms with Gasteiger partial charge in [-0.25, -0.2) is 0 Å². The maximum absolute atomic E-state index is 11.6. The summed E-state index contributed by atoms with van der Waals surface area (Å²) in [6.07, 6.45) is 1.41. The summed E-state index contributed by atoms with van der Waals surface area (Å²) in [5, 5.41) is 0. The van der Waals surface area contributed by atoms with Crippen molar-refractivity contribution in [1.82, 2.24) is 14.7 Å². The third-order valence-corrected chi connectivity index (χ3v) is 3.07. The second kappa shape index (κ2) is 6.01. The van der Waals surface area contributed by atoms with Crippen LogP contribution in [0.1, 0.15) is 6.92 Å². The highest BCUT2D eigenvalue weighted by atomic mass is 16.2. The van der Waals surface area contributed by atoms with Crippen molar-refractivity contribution in [3.63, 3.8) is 0 Å². The van der Waals surface area contributed by atoms with Crippen molar-refractivity contribution in [2.24, 2.45) is 0 Å². The predicted molar refractivity (Wildman–Crippen MR) is 66.4 cm³/mol. The van der Waals surface area contributed by atoms with Crippen LogP contribution in [0, 0.1) is 0 Å². The maximum Gasteiger partial charge on any atom is 0.246 e. The molecule has 0 aromatic heterocycles. The van der Waals surface area contributed by atoms with E-state index in [0.29, 0.717) is 6.04 Å². The topological polar surface area (TPSA) is 26.8 Å². The average molecular weight is 225 g/mol. The summed E-state index contributed by atoms with van der Waals surface area (Å²) in [5.74, 6) is 0.0551. The van der Waals surface area contributed by atoms with Gasteiger partial charge in [0.15, 0.2) is 0 Å². The Bertz CT molecular complexity index is 253. The van der Waals surface area contributed by atoms with E-state index in [1.807, 2.05) is 4.90 Å². The molecule has 1 aliphatic rings. The van der Waals surface area contributed by atoms with Gasteiger partial charge in [0.2, 0.25) is 5.91 Å². The molecule has 1 rings (SSSR count). The fourth-order valence-corrected chi connectivity index (χ4v) is 2.23. The van der Waals surface area contributed by atoms with Gasteiger partial charge in [0.25, 0.3) is 0 Å². The van der Waals surface area contributed by atoms with Crippen molar-refractivity contribution >= 4 is 5.91 Å². The van der Waals surface area contributed by atoms with Crippen molar-refractivity contribution < 1.29 is 4.79 Å². The smallest absolute Gasteiger partial charge is 0.246 e. The van der Waals surface area contributed by atoms with Gasteiger partial charge in [0.05, 0.1) is 0 Å². The molecule has 0 aliphatic carbocycles. The first-order valence-electron chi connectivity index (χ1n) is 5.88. The highest BCUT2D eigenvalue weighted by Gasteiger charge is 2.27. The summed E-state index contributed by atoms with van der Waals surface area (Å²) in [7, 11) is 4.14. The molecule has 16 heavy (non-hydrogen) atoms. The van der Waals surface area contributed by atoms with Gasteiger partial charge in [-0.3, -0.25) is 9.69 Å². The van der Waals surface area contributed by atoms with Gasteiger partial charge >= 0.3 is 0 Å². The van der Waals surface area contributed by atoms with Crippen LogP contribution in [-0.2, 0) is 4.79 Å². The maximum atomic E-state index is 11.6. The van der Waals surface area contributed by atoms with Crippen LogP contribution < -0.4 is 0 Å². The number of piperazine rings is 1. The SMILES string of the molecule is C=CC(=O)N1CCN(CC)C(CN(C)C)C1. The molecular weight excluding hydrogens is 202 g/mol. The molecule has 0 saturated carbocycles. The third kappa shape index (κ3) is 3.32. The summed E-state index contributed by atoms with van der Waals surface area (Å²) in [5.41, 5.74) is 0. The molecule has 4 heteroatoms. The number of hydrogen-bond donors (Lipinski definition) is 0. The van der Waals surface area contributed by atoms with Crippen molar-refractivity contribution in [3.8, 4) is 0 Å². The van der Waals surface area contributed by atoms with Crippen LogP contribution >= 0.6 is 0 Å². The molecule has 1 atom stereocenters. The molecule has 1 heterocycles. The van der Waals surface area contributed by atoms with Crippen molar-refractivity contribution in [1.29, 1.82) is 0 Å². The molecule has 4 nitrogen and oxygen atoms in total. The molecule has 0 aromatic carbocycles. The Morgan fingerprint density at radius 3 is 2.69 bits per heavy atom. The molecule has 1 fully saturated rings. The number of amides is 1. The zero-order chi connectivity index (χ0) is 12.1. The molecule has 1 aliphatic heterocycles. The van der Waals surface area contributed by atoms with Gasteiger partial charge in [0, 0.05) is 32.2 Å². The zero-order valence-electron chi connectivity index (χ0n) is 10.6. The van der Waals surface area contributed by atoms with E-state index in [9.17, 15) is 4.79 Å². The van der Waals surface area contributed by atoms with E-state index in [2.05, 4.69) is 37.4 Å². The Labute approximate surface area is 98.5 Å². The molecule has 1 unspecified atom stereocenters. The summed E-state index contributed by atoms with van der Waals surface area (Å²) in [4.78, 5) is 18.1. The molecular formula is C12H23N3O. The molecule has 0 spiro atoms.